The van der Waals surface area contributed by atoms with E-state index in [0.717, 1.165) is 11.6 Å². The molecular formula is C14H16O5. The van der Waals surface area contributed by atoms with Gasteiger partial charge in [0.05, 0.1) is 14.2 Å². The zero-order valence-electron chi connectivity index (χ0n) is 11.1. The van der Waals surface area contributed by atoms with E-state index in [2.05, 4.69) is 9.47 Å². The summed E-state index contributed by atoms with van der Waals surface area (Å²) in [6.07, 6.45) is 1.42. The Hall–Kier alpha value is -2.30. The number of rotatable bonds is 5. The SMILES string of the molecule is COC(=O)/C=C/C(Oc1ccc(C)cc1)C(=O)OC. The number of benzene rings is 1. The third kappa shape index (κ3) is 4.83. The monoisotopic (exact) mass is 264 g/mol. The molecule has 1 atom stereocenters. The molecule has 0 fully saturated rings. The van der Waals surface area contributed by atoms with Crippen LogP contribution in [0.2, 0.25) is 0 Å². The van der Waals surface area contributed by atoms with Gasteiger partial charge in [-0.25, -0.2) is 9.59 Å². The van der Waals surface area contributed by atoms with E-state index >= 15 is 0 Å². The van der Waals surface area contributed by atoms with Crippen LogP contribution in [0.25, 0.3) is 0 Å². The van der Waals surface area contributed by atoms with Gasteiger partial charge >= 0.3 is 11.9 Å². The van der Waals surface area contributed by atoms with Crippen molar-refractivity contribution in [3.05, 3.63) is 42.0 Å². The Morgan fingerprint density at radius 1 is 1.11 bits per heavy atom. The van der Waals surface area contributed by atoms with Gasteiger partial charge in [0.15, 0.2) is 0 Å². The van der Waals surface area contributed by atoms with Gasteiger partial charge in [-0.2, -0.15) is 0 Å². The van der Waals surface area contributed by atoms with Gasteiger partial charge in [0, 0.05) is 6.08 Å². The number of methoxy groups -OCH3 is 2. The lowest BCUT2D eigenvalue weighted by Crippen LogP contribution is -2.26. The molecule has 0 aliphatic heterocycles. The number of hydrogen-bond acceptors (Lipinski definition) is 5. The van der Waals surface area contributed by atoms with Crippen LogP contribution >= 0.6 is 0 Å². The lowest BCUT2D eigenvalue weighted by Gasteiger charge is -2.13. The third-order valence-electron chi connectivity index (χ3n) is 2.33. The largest absolute Gasteiger partial charge is 0.475 e. The van der Waals surface area contributed by atoms with Gasteiger partial charge in [-0.05, 0) is 25.1 Å². The second kappa shape index (κ2) is 7.20. The second-order valence-electron chi connectivity index (χ2n) is 3.76. The molecule has 0 saturated carbocycles. The summed E-state index contributed by atoms with van der Waals surface area (Å²) in [7, 11) is 2.50. The first-order valence-corrected chi connectivity index (χ1v) is 5.64. The maximum absolute atomic E-state index is 11.5. The molecule has 19 heavy (non-hydrogen) atoms. The molecule has 102 valence electrons. The second-order valence-corrected chi connectivity index (χ2v) is 3.76. The first kappa shape index (κ1) is 14.8. The molecule has 0 bridgehead atoms. The van der Waals surface area contributed by atoms with E-state index in [1.54, 1.807) is 12.1 Å². The van der Waals surface area contributed by atoms with E-state index in [0.29, 0.717) is 5.75 Å². The van der Waals surface area contributed by atoms with Crippen LogP contribution in [0.5, 0.6) is 5.75 Å². The van der Waals surface area contributed by atoms with Gasteiger partial charge in [-0.1, -0.05) is 17.7 Å². The summed E-state index contributed by atoms with van der Waals surface area (Å²) < 4.78 is 14.5. The van der Waals surface area contributed by atoms with Crippen LogP contribution in [0.1, 0.15) is 5.56 Å². The number of aryl methyl sites for hydroxylation is 1. The normalized spacial score (nSPS) is 11.9. The van der Waals surface area contributed by atoms with Crippen molar-refractivity contribution in [2.75, 3.05) is 14.2 Å². The molecular weight excluding hydrogens is 248 g/mol. The van der Waals surface area contributed by atoms with Crippen molar-refractivity contribution in [1.29, 1.82) is 0 Å². The fourth-order valence-corrected chi connectivity index (χ4v) is 1.28. The minimum Gasteiger partial charge on any atom is -0.475 e. The highest BCUT2D eigenvalue weighted by atomic mass is 16.6. The van der Waals surface area contributed by atoms with Crippen molar-refractivity contribution < 1.29 is 23.8 Å². The van der Waals surface area contributed by atoms with Gasteiger partial charge in [0.25, 0.3) is 0 Å². The summed E-state index contributed by atoms with van der Waals surface area (Å²) >= 11 is 0. The molecule has 1 unspecified atom stereocenters. The van der Waals surface area contributed by atoms with Crippen LogP contribution in [0.4, 0.5) is 0 Å². The summed E-state index contributed by atoms with van der Waals surface area (Å²) in [6, 6.07) is 7.18. The van der Waals surface area contributed by atoms with Crippen molar-refractivity contribution in [2.45, 2.75) is 13.0 Å². The highest BCUT2D eigenvalue weighted by Crippen LogP contribution is 2.14. The Kier molecular flexibility index (Phi) is 5.60. The van der Waals surface area contributed by atoms with Gasteiger partial charge in [0.1, 0.15) is 5.75 Å². The Balaban J connectivity index is 2.80. The van der Waals surface area contributed by atoms with E-state index in [-0.39, 0.29) is 0 Å². The zero-order valence-corrected chi connectivity index (χ0v) is 11.1. The van der Waals surface area contributed by atoms with Crippen LogP contribution in [0.3, 0.4) is 0 Å². The zero-order chi connectivity index (χ0) is 14.3. The van der Waals surface area contributed by atoms with E-state index in [1.165, 1.54) is 20.3 Å². The Morgan fingerprint density at radius 3 is 2.26 bits per heavy atom. The minimum atomic E-state index is -0.994. The topological polar surface area (TPSA) is 61.8 Å². The predicted molar refractivity (Wildman–Crippen MR) is 68.8 cm³/mol. The highest BCUT2D eigenvalue weighted by Gasteiger charge is 2.18. The van der Waals surface area contributed by atoms with Crippen molar-refractivity contribution in [3.63, 3.8) is 0 Å². The molecule has 0 radical (unpaired) electrons. The quantitative estimate of drug-likeness (QED) is 0.597. The molecule has 0 aromatic heterocycles. The molecule has 0 heterocycles. The van der Waals surface area contributed by atoms with Crippen molar-refractivity contribution >= 4 is 11.9 Å². The molecule has 0 saturated heterocycles. The van der Waals surface area contributed by atoms with E-state index in [4.69, 9.17) is 4.74 Å². The van der Waals surface area contributed by atoms with E-state index in [9.17, 15) is 9.59 Å². The maximum atomic E-state index is 11.5. The molecule has 0 amide bonds. The third-order valence-corrected chi connectivity index (χ3v) is 2.33. The standard InChI is InChI=1S/C14H16O5/c1-10-4-6-11(7-5-10)19-12(14(16)18-3)8-9-13(15)17-2/h4-9,12H,1-3H3/b9-8+. The molecule has 1 aromatic carbocycles. The molecule has 1 aromatic rings. The van der Waals surface area contributed by atoms with Gasteiger partial charge in [0.2, 0.25) is 6.10 Å². The molecule has 0 N–H and O–H groups in total. The first-order valence-electron chi connectivity index (χ1n) is 5.64. The number of hydrogen-bond donors (Lipinski definition) is 0. The van der Waals surface area contributed by atoms with Crippen molar-refractivity contribution in [2.24, 2.45) is 0 Å². The summed E-state index contributed by atoms with van der Waals surface area (Å²) in [5.74, 6) is -0.655. The Morgan fingerprint density at radius 2 is 1.74 bits per heavy atom. The molecule has 0 aliphatic carbocycles. The van der Waals surface area contributed by atoms with Crippen LogP contribution in [0.15, 0.2) is 36.4 Å². The van der Waals surface area contributed by atoms with Gasteiger partial charge in [-0.15, -0.1) is 0 Å². The average Bonchev–Trinajstić information content (AvgIpc) is 2.44. The Bertz CT molecular complexity index is 461. The predicted octanol–water partition coefficient (Wildman–Crippen LogP) is 1.64. The van der Waals surface area contributed by atoms with Crippen molar-refractivity contribution in [3.8, 4) is 5.75 Å². The smallest absolute Gasteiger partial charge is 0.351 e. The van der Waals surface area contributed by atoms with Gasteiger partial charge < -0.3 is 14.2 Å². The highest BCUT2D eigenvalue weighted by molar-refractivity contribution is 5.84. The molecule has 0 spiro atoms. The summed E-state index contributed by atoms with van der Waals surface area (Å²) in [5, 5.41) is 0. The lowest BCUT2D eigenvalue weighted by molar-refractivity contribution is -0.146. The van der Waals surface area contributed by atoms with E-state index < -0.39 is 18.0 Å². The summed E-state index contributed by atoms with van der Waals surface area (Å²) in [5.41, 5.74) is 1.08. The van der Waals surface area contributed by atoms with Crippen LogP contribution in [0, 0.1) is 6.92 Å². The fraction of sp³-hybridized carbons (Fsp3) is 0.286. The minimum absolute atomic E-state index is 0.510. The number of carbonyl (C=O) groups is 2. The lowest BCUT2D eigenvalue weighted by atomic mass is 10.2. The molecule has 0 aliphatic rings. The number of esters is 2. The summed E-state index contributed by atoms with van der Waals surface area (Å²) in [6.45, 7) is 1.94. The maximum Gasteiger partial charge on any atom is 0.351 e. The molecule has 5 heteroatoms. The number of ether oxygens (including phenoxy) is 3. The number of carbonyl (C=O) groups excluding carboxylic acids is 2. The van der Waals surface area contributed by atoms with Crippen LogP contribution in [-0.2, 0) is 19.1 Å². The fourth-order valence-electron chi connectivity index (χ4n) is 1.28. The molecule has 1 rings (SSSR count). The van der Waals surface area contributed by atoms with Crippen molar-refractivity contribution in [1.82, 2.24) is 0 Å². The van der Waals surface area contributed by atoms with Crippen LogP contribution in [-0.4, -0.2) is 32.3 Å². The van der Waals surface area contributed by atoms with Gasteiger partial charge in [-0.3, -0.25) is 0 Å². The summed E-state index contributed by atoms with van der Waals surface area (Å²) in [4.78, 5) is 22.5. The van der Waals surface area contributed by atoms with Crippen LogP contribution < -0.4 is 4.74 Å². The van der Waals surface area contributed by atoms with E-state index in [1.807, 2.05) is 19.1 Å². The molecule has 5 nitrogen and oxygen atoms in total. The average molecular weight is 264 g/mol. The Labute approximate surface area is 111 Å². The first-order chi connectivity index (χ1) is 9.06.